The third-order valence-corrected chi connectivity index (χ3v) is 5.29. The van der Waals surface area contributed by atoms with Crippen molar-refractivity contribution in [1.82, 2.24) is 9.78 Å². The van der Waals surface area contributed by atoms with Crippen molar-refractivity contribution in [3.8, 4) is 23.3 Å². The van der Waals surface area contributed by atoms with Crippen LogP contribution in [0, 0.1) is 28.0 Å². The Balaban J connectivity index is 1.64. The fourth-order valence-electron chi connectivity index (χ4n) is 3.48. The van der Waals surface area contributed by atoms with Crippen molar-refractivity contribution in [1.29, 1.82) is 5.26 Å². The van der Waals surface area contributed by atoms with Crippen molar-refractivity contribution >= 4 is 28.8 Å². The number of hydrogen-bond donors (Lipinski definition) is 1. The summed E-state index contributed by atoms with van der Waals surface area (Å²) in [6, 6.07) is 18.7. The SMILES string of the molecule is [C-]#[N+]c1c(/C(C#N)=C/c2ccc(Oc3ccc(C(F)(F)F)cc3[N+](=O)[O-])cc2)nn(-c2ccccc2)c1N. The molecule has 2 N–H and O–H groups in total. The maximum absolute atomic E-state index is 12.9. The van der Waals surface area contributed by atoms with Crippen LogP contribution in [0.25, 0.3) is 22.2 Å². The molecule has 0 radical (unpaired) electrons. The highest BCUT2D eigenvalue weighted by Crippen LogP contribution is 2.38. The highest BCUT2D eigenvalue weighted by atomic mass is 19.4. The van der Waals surface area contributed by atoms with Gasteiger partial charge in [0.05, 0.1) is 28.3 Å². The van der Waals surface area contributed by atoms with Gasteiger partial charge < -0.3 is 10.5 Å². The number of benzene rings is 3. The first-order valence-electron chi connectivity index (χ1n) is 10.7. The van der Waals surface area contributed by atoms with Crippen LogP contribution in [-0.2, 0) is 6.18 Å². The second-order valence-electron chi connectivity index (χ2n) is 7.72. The minimum absolute atomic E-state index is 0.0104. The predicted molar refractivity (Wildman–Crippen MR) is 132 cm³/mol. The van der Waals surface area contributed by atoms with Crippen molar-refractivity contribution in [3.05, 3.63) is 111 Å². The molecule has 0 aliphatic carbocycles. The molecule has 4 aromatic rings. The van der Waals surface area contributed by atoms with Gasteiger partial charge in [-0.25, -0.2) is 9.53 Å². The summed E-state index contributed by atoms with van der Waals surface area (Å²) >= 11 is 0. The Morgan fingerprint density at radius 1 is 1.16 bits per heavy atom. The molecule has 0 spiro atoms. The lowest BCUT2D eigenvalue weighted by atomic mass is 10.1. The molecule has 0 amide bonds. The Morgan fingerprint density at radius 2 is 1.84 bits per heavy atom. The van der Waals surface area contributed by atoms with Gasteiger partial charge in [0.25, 0.3) is 5.69 Å². The number of anilines is 1. The molecule has 0 atom stereocenters. The predicted octanol–water partition coefficient (Wildman–Crippen LogP) is 6.79. The van der Waals surface area contributed by atoms with Crippen molar-refractivity contribution in [2.45, 2.75) is 6.18 Å². The van der Waals surface area contributed by atoms with Crippen molar-refractivity contribution in [3.63, 3.8) is 0 Å². The van der Waals surface area contributed by atoms with Crippen LogP contribution in [0.1, 0.15) is 16.8 Å². The molecular formula is C26H15F3N6O3. The maximum atomic E-state index is 12.9. The molecule has 0 saturated heterocycles. The van der Waals surface area contributed by atoms with Gasteiger partial charge in [-0.2, -0.15) is 23.5 Å². The van der Waals surface area contributed by atoms with Gasteiger partial charge >= 0.3 is 11.9 Å². The van der Waals surface area contributed by atoms with E-state index in [1.54, 1.807) is 24.3 Å². The van der Waals surface area contributed by atoms with E-state index in [2.05, 4.69) is 9.94 Å². The van der Waals surface area contributed by atoms with E-state index in [-0.39, 0.29) is 34.3 Å². The average Bonchev–Trinajstić information content (AvgIpc) is 3.24. The molecule has 12 heteroatoms. The lowest BCUT2D eigenvalue weighted by Crippen LogP contribution is -2.06. The summed E-state index contributed by atoms with van der Waals surface area (Å²) < 4.78 is 45.6. The normalized spacial score (nSPS) is 11.4. The summed E-state index contributed by atoms with van der Waals surface area (Å²) in [5.74, 6) is -0.181. The summed E-state index contributed by atoms with van der Waals surface area (Å²) in [6.45, 7) is 7.51. The number of nitriles is 1. The fraction of sp³-hybridized carbons (Fsp3) is 0.0385. The lowest BCUT2D eigenvalue weighted by Gasteiger charge is -2.10. The molecule has 4 rings (SSSR count). The van der Waals surface area contributed by atoms with Crippen molar-refractivity contribution in [2.75, 3.05) is 5.73 Å². The van der Waals surface area contributed by atoms with Crippen molar-refractivity contribution in [2.24, 2.45) is 0 Å². The molecular weight excluding hydrogens is 501 g/mol. The second-order valence-corrected chi connectivity index (χ2v) is 7.72. The fourth-order valence-corrected chi connectivity index (χ4v) is 3.48. The molecule has 0 aliphatic rings. The van der Waals surface area contributed by atoms with Crippen LogP contribution in [0.15, 0.2) is 72.8 Å². The molecule has 9 nitrogen and oxygen atoms in total. The summed E-state index contributed by atoms with van der Waals surface area (Å²) in [5.41, 5.74) is 5.37. The van der Waals surface area contributed by atoms with E-state index in [1.165, 1.54) is 35.0 Å². The summed E-state index contributed by atoms with van der Waals surface area (Å²) in [5, 5.41) is 25.4. The number of para-hydroxylation sites is 1. The number of nitrogen functional groups attached to an aromatic ring is 1. The number of nitro groups is 1. The van der Waals surface area contributed by atoms with Gasteiger partial charge in [-0.1, -0.05) is 30.3 Å². The molecule has 1 heterocycles. The first-order chi connectivity index (χ1) is 18.1. The first-order valence-corrected chi connectivity index (χ1v) is 10.7. The molecule has 0 bridgehead atoms. The van der Waals surface area contributed by atoms with E-state index in [4.69, 9.17) is 17.0 Å². The van der Waals surface area contributed by atoms with E-state index < -0.39 is 22.4 Å². The van der Waals surface area contributed by atoms with E-state index in [9.17, 15) is 28.5 Å². The van der Waals surface area contributed by atoms with Crippen LogP contribution < -0.4 is 10.5 Å². The Morgan fingerprint density at radius 3 is 2.42 bits per heavy atom. The van der Waals surface area contributed by atoms with Gasteiger partial charge in [-0.05, 0) is 48.0 Å². The van der Waals surface area contributed by atoms with Gasteiger partial charge in [0.2, 0.25) is 5.75 Å². The number of nitro benzene ring substituents is 1. The molecule has 0 saturated carbocycles. The van der Waals surface area contributed by atoms with E-state index in [0.29, 0.717) is 23.4 Å². The van der Waals surface area contributed by atoms with Gasteiger partial charge in [0.1, 0.15) is 23.3 Å². The molecule has 0 aliphatic heterocycles. The Labute approximate surface area is 213 Å². The highest BCUT2D eigenvalue weighted by molar-refractivity contribution is 5.95. The zero-order valence-corrected chi connectivity index (χ0v) is 19.2. The summed E-state index contributed by atoms with van der Waals surface area (Å²) in [4.78, 5) is 13.8. The van der Waals surface area contributed by atoms with Gasteiger partial charge in [0.15, 0.2) is 0 Å². The number of halogens is 3. The minimum Gasteiger partial charge on any atom is -0.450 e. The van der Waals surface area contributed by atoms with Gasteiger partial charge in [0, 0.05) is 6.07 Å². The first kappa shape index (κ1) is 25.5. The maximum Gasteiger partial charge on any atom is 0.416 e. The van der Waals surface area contributed by atoms with Gasteiger partial charge in [-0.15, -0.1) is 0 Å². The molecule has 38 heavy (non-hydrogen) atoms. The van der Waals surface area contributed by atoms with Gasteiger partial charge in [-0.3, -0.25) is 10.1 Å². The molecule has 0 fully saturated rings. The van der Waals surface area contributed by atoms with E-state index in [1.807, 2.05) is 12.1 Å². The molecule has 0 unspecified atom stereocenters. The van der Waals surface area contributed by atoms with Crippen LogP contribution in [0.2, 0.25) is 0 Å². The third-order valence-electron chi connectivity index (χ3n) is 5.29. The monoisotopic (exact) mass is 516 g/mol. The highest BCUT2D eigenvalue weighted by Gasteiger charge is 2.33. The van der Waals surface area contributed by atoms with E-state index in [0.717, 1.165) is 6.07 Å². The lowest BCUT2D eigenvalue weighted by molar-refractivity contribution is -0.385. The summed E-state index contributed by atoms with van der Waals surface area (Å²) in [7, 11) is 0. The number of nitrogens with zero attached hydrogens (tertiary/aromatic N) is 5. The van der Waals surface area contributed by atoms with Crippen LogP contribution in [0.4, 0.5) is 30.4 Å². The average molecular weight is 516 g/mol. The molecule has 3 aromatic carbocycles. The van der Waals surface area contributed by atoms with Crippen LogP contribution in [0.3, 0.4) is 0 Å². The Kier molecular flexibility index (Phi) is 6.81. The van der Waals surface area contributed by atoms with E-state index >= 15 is 0 Å². The summed E-state index contributed by atoms with van der Waals surface area (Å²) in [6.07, 6.45) is -3.28. The Bertz CT molecular complexity index is 1630. The quantitative estimate of drug-likeness (QED) is 0.130. The molecule has 188 valence electrons. The largest absolute Gasteiger partial charge is 0.450 e. The third kappa shape index (κ3) is 5.15. The number of alkyl halides is 3. The smallest absolute Gasteiger partial charge is 0.416 e. The Hall–Kier alpha value is -5.62. The molecule has 1 aromatic heterocycles. The number of allylic oxidation sites excluding steroid dienone is 1. The zero-order valence-electron chi connectivity index (χ0n) is 19.2. The number of nitrogens with two attached hydrogens (primary N) is 1. The number of hydrogen-bond acceptors (Lipinski definition) is 6. The number of aromatic nitrogens is 2. The van der Waals surface area contributed by atoms with Crippen LogP contribution in [0.5, 0.6) is 11.5 Å². The topological polar surface area (TPSA) is 124 Å². The standard InChI is InChI=1S/C26H15F3N6O3/c1-32-24-23(33-34(25(24)31)19-5-3-2-4-6-19)17(15-30)13-16-7-10-20(11-8-16)38-22-12-9-18(26(27,28)29)14-21(22)35(36)37/h2-14H,31H2/b17-13+. The second kappa shape index (κ2) is 10.2. The number of rotatable bonds is 6. The van der Waals surface area contributed by atoms with Crippen LogP contribution in [-0.4, -0.2) is 14.7 Å². The van der Waals surface area contributed by atoms with Crippen molar-refractivity contribution < 1.29 is 22.8 Å². The zero-order chi connectivity index (χ0) is 27.4. The minimum atomic E-state index is -4.75. The number of ether oxygens (including phenoxy) is 1. The van der Waals surface area contributed by atoms with Crippen LogP contribution >= 0.6 is 0 Å².